The van der Waals surface area contributed by atoms with E-state index in [2.05, 4.69) is 10.4 Å². The van der Waals surface area contributed by atoms with E-state index in [0.717, 1.165) is 45.1 Å². The minimum atomic E-state index is -0.261. The lowest BCUT2D eigenvalue weighted by Crippen LogP contribution is -2.46. The summed E-state index contributed by atoms with van der Waals surface area (Å²) in [5.74, 6) is 0.212. The lowest BCUT2D eigenvalue weighted by Gasteiger charge is -2.36. The van der Waals surface area contributed by atoms with Gasteiger partial charge in [-0.2, -0.15) is 9.36 Å². The number of piperidine rings is 1. The summed E-state index contributed by atoms with van der Waals surface area (Å²) in [7, 11) is 1.72. The predicted molar refractivity (Wildman–Crippen MR) is 103 cm³/mol. The Balaban J connectivity index is 1.48. The van der Waals surface area contributed by atoms with Gasteiger partial charge in [-0.1, -0.05) is 24.6 Å². The van der Waals surface area contributed by atoms with Crippen molar-refractivity contribution in [1.29, 1.82) is 0 Å². The van der Waals surface area contributed by atoms with Gasteiger partial charge in [0.15, 0.2) is 0 Å². The fourth-order valence-corrected chi connectivity index (χ4v) is 4.41. The quantitative estimate of drug-likeness (QED) is 0.801. The average Bonchev–Trinajstić information content (AvgIpc) is 3.15. The highest BCUT2D eigenvalue weighted by atomic mass is 16.5. The summed E-state index contributed by atoms with van der Waals surface area (Å²) in [6, 6.07) is 9.13. The summed E-state index contributed by atoms with van der Waals surface area (Å²) in [5, 5.41) is 8.15. The van der Waals surface area contributed by atoms with Gasteiger partial charge in [-0.25, -0.2) is 4.79 Å². The van der Waals surface area contributed by atoms with E-state index < -0.39 is 0 Å². The fourth-order valence-electron chi connectivity index (χ4n) is 4.41. The number of methoxy groups -OCH3 is 1. The van der Waals surface area contributed by atoms with Crippen LogP contribution in [0.4, 0.5) is 0 Å². The van der Waals surface area contributed by atoms with Crippen molar-refractivity contribution >= 4 is 5.91 Å². The third-order valence-corrected chi connectivity index (χ3v) is 5.97. The first kappa shape index (κ1) is 18.9. The molecule has 0 bridgehead atoms. The molecule has 4 rings (SSSR count). The molecule has 2 heterocycles. The van der Waals surface area contributed by atoms with Crippen LogP contribution in [-0.4, -0.2) is 56.9 Å². The molecular weight excluding hydrogens is 358 g/mol. The molecule has 0 radical (unpaired) electrons. The van der Waals surface area contributed by atoms with Crippen LogP contribution in [0.2, 0.25) is 0 Å². The molecule has 1 saturated heterocycles. The second-order valence-electron chi connectivity index (χ2n) is 7.75. The van der Waals surface area contributed by atoms with Gasteiger partial charge in [0.2, 0.25) is 5.91 Å². The van der Waals surface area contributed by atoms with Crippen molar-refractivity contribution in [1.82, 2.24) is 24.7 Å². The maximum Gasteiger partial charge on any atom is 0.368 e. The van der Waals surface area contributed by atoms with Crippen LogP contribution in [0.25, 0.3) is 5.69 Å². The molecule has 3 atom stereocenters. The highest BCUT2D eigenvalue weighted by molar-refractivity contribution is 5.79. The molecule has 1 aliphatic carbocycles. The van der Waals surface area contributed by atoms with Crippen LogP contribution in [-0.2, 0) is 9.53 Å². The standard InChI is InChI=1S/C20H27N5O3/c1-28-18-11-5-7-15(13-18)19(26)23-12-6-10-17(14-23)25-20(27)24(21-22-25)16-8-3-2-4-9-16/h2-4,8-9,15,17-18H,5-7,10-14H2,1H3/t15-,17+,18+/m1/s1. The van der Waals surface area contributed by atoms with E-state index >= 15 is 0 Å². The van der Waals surface area contributed by atoms with E-state index in [-0.39, 0.29) is 29.7 Å². The van der Waals surface area contributed by atoms with Crippen LogP contribution in [0.3, 0.4) is 0 Å². The first-order valence-electron chi connectivity index (χ1n) is 10.1. The van der Waals surface area contributed by atoms with Gasteiger partial charge in [-0.15, -0.1) is 0 Å². The summed E-state index contributed by atoms with van der Waals surface area (Å²) in [4.78, 5) is 27.8. The Hall–Kier alpha value is -2.48. The fraction of sp³-hybridized carbons (Fsp3) is 0.600. The van der Waals surface area contributed by atoms with Crippen LogP contribution in [0.1, 0.15) is 44.6 Å². The predicted octanol–water partition coefficient (Wildman–Crippen LogP) is 1.80. The molecular formula is C20H27N5O3. The van der Waals surface area contributed by atoms with E-state index in [1.165, 1.54) is 9.36 Å². The third kappa shape index (κ3) is 3.73. The van der Waals surface area contributed by atoms with Crippen molar-refractivity contribution in [3.05, 3.63) is 40.8 Å². The number of likely N-dealkylation sites (tertiary alicyclic amines) is 1. The molecule has 0 unspecified atom stereocenters. The number of para-hydroxylation sites is 1. The van der Waals surface area contributed by atoms with Gasteiger partial charge >= 0.3 is 5.69 Å². The molecule has 28 heavy (non-hydrogen) atoms. The number of amides is 1. The van der Waals surface area contributed by atoms with Gasteiger partial charge in [0.25, 0.3) is 0 Å². The monoisotopic (exact) mass is 385 g/mol. The zero-order chi connectivity index (χ0) is 19.5. The first-order valence-corrected chi connectivity index (χ1v) is 10.1. The Kier molecular flexibility index (Phi) is 5.57. The second-order valence-corrected chi connectivity index (χ2v) is 7.75. The maximum absolute atomic E-state index is 13.0. The first-order chi connectivity index (χ1) is 13.7. The SMILES string of the molecule is CO[C@H]1CCC[C@@H](C(=O)N2CCC[C@H](n3nnn(-c4ccccc4)c3=O)C2)C1. The number of carbonyl (C=O) groups is 1. The van der Waals surface area contributed by atoms with Crippen LogP contribution in [0.5, 0.6) is 0 Å². The number of aromatic nitrogens is 4. The van der Waals surface area contributed by atoms with E-state index in [1.54, 1.807) is 7.11 Å². The van der Waals surface area contributed by atoms with Crippen LogP contribution < -0.4 is 5.69 Å². The topological polar surface area (TPSA) is 82.2 Å². The number of rotatable bonds is 4. The van der Waals surface area contributed by atoms with Gasteiger partial charge < -0.3 is 9.64 Å². The third-order valence-electron chi connectivity index (χ3n) is 5.97. The molecule has 8 nitrogen and oxygen atoms in total. The number of hydrogen-bond acceptors (Lipinski definition) is 5. The van der Waals surface area contributed by atoms with Crippen molar-refractivity contribution in [2.24, 2.45) is 5.92 Å². The van der Waals surface area contributed by atoms with E-state index in [1.807, 2.05) is 35.2 Å². The second kappa shape index (κ2) is 8.26. The van der Waals surface area contributed by atoms with Gasteiger partial charge in [0, 0.05) is 26.1 Å². The summed E-state index contributed by atoms with van der Waals surface area (Å²) < 4.78 is 8.22. The molecule has 1 aromatic heterocycles. The number of benzene rings is 1. The lowest BCUT2D eigenvalue weighted by atomic mass is 9.85. The Morgan fingerprint density at radius 2 is 1.93 bits per heavy atom. The molecule has 1 aliphatic heterocycles. The minimum Gasteiger partial charge on any atom is -0.381 e. The molecule has 2 aliphatic rings. The summed E-state index contributed by atoms with van der Waals surface area (Å²) in [6.45, 7) is 1.26. The number of nitrogens with zero attached hydrogens (tertiary/aromatic N) is 5. The van der Waals surface area contributed by atoms with Gasteiger partial charge in [-0.05, 0) is 54.7 Å². The Morgan fingerprint density at radius 3 is 2.71 bits per heavy atom. The van der Waals surface area contributed by atoms with Crippen molar-refractivity contribution in [3.63, 3.8) is 0 Å². The zero-order valence-electron chi connectivity index (χ0n) is 16.2. The average molecular weight is 385 g/mol. The Labute approximate surface area is 164 Å². The maximum atomic E-state index is 13.0. The highest BCUT2D eigenvalue weighted by Crippen LogP contribution is 2.29. The number of carbonyl (C=O) groups excluding carboxylic acids is 1. The molecule has 1 aromatic carbocycles. The van der Waals surface area contributed by atoms with Gasteiger partial charge in [0.1, 0.15) is 0 Å². The molecule has 8 heteroatoms. The highest BCUT2D eigenvalue weighted by Gasteiger charge is 2.34. The summed E-state index contributed by atoms with van der Waals surface area (Å²) in [5.41, 5.74) is 0.429. The van der Waals surface area contributed by atoms with Crippen LogP contribution in [0.15, 0.2) is 35.1 Å². The molecule has 2 aromatic rings. The number of tetrazole rings is 1. The van der Waals surface area contributed by atoms with Gasteiger partial charge in [0.05, 0.1) is 17.8 Å². The van der Waals surface area contributed by atoms with Gasteiger partial charge in [-0.3, -0.25) is 4.79 Å². The Bertz CT molecular complexity index is 862. The Morgan fingerprint density at radius 1 is 1.11 bits per heavy atom. The number of ether oxygens (including phenoxy) is 1. The molecule has 1 saturated carbocycles. The molecule has 1 amide bonds. The zero-order valence-corrected chi connectivity index (χ0v) is 16.2. The molecule has 2 fully saturated rings. The van der Waals surface area contributed by atoms with Crippen molar-refractivity contribution in [3.8, 4) is 5.69 Å². The van der Waals surface area contributed by atoms with E-state index in [4.69, 9.17) is 4.74 Å². The smallest absolute Gasteiger partial charge is 0.368 e. The van der Waals surface area contributed by atoms with Crippen LogP contribution >= 0.6 is 0 Å². The minimum absolute atomic E-state index is 0.0224. The van der Waals surface area contributed by atoms with E-state index in [0.29, 0.717) is 12.2 Å². The van der Waals surface area contributed by atoms with Crippen molar-refractivity contribution in [2.45, 2.75) is 50.7 Å². The largest absolute Gasteiger partial charge is 0.381 e. The van der Waals surface area contributed by atoms with Crippen molar-refractivity contribution < 1.29 is 9.53 Å². The lowest BCUT2D eigenvalue weighted by molar-refractivity contribution is -0.140. The normalized spacial score (nSPS) is 25.6. The molecule has 0 spiro atoms. The summed E-state index contributed by atoms with van der Waals surface area (Å²) in [6.07, 6.45) is 5.63. The van der Waals surface area contributed by atoms with Crippen LogP contribution in [0, 0.1) is 5.92 Å². The van der Waals surface area contributed by atoms with Crippen molar-refractivity contribution in [2.75, 3.05) is 20.2 Å². The number of hydrogen-bond donors (Lipinski definition) is 0. The van der Waals surface area contributed by atoms with E-state index in [9.17, 15) is 9.59 Å². The molecule has 0 N–H and O–H groups in total. The summed E-state index contributed by atoms with van der Waals surface area (Å²) >= 11 is 0. The molecule has 150 valence electrons.